The maximum absolute atomic E-state index is 13.7. The fraction of sp³-hybridized carbons (Fsp3) is 0.500. The minimum Gasteiger partial charge on any atom is -0.495 e. The van der Waals surface area contributed by atoms with Crippen LogP contribution >= 0.6 is 0 Å². The molecule has 0 unspecified atom stereocenters. The number of piperazine rings is 1. The van der Waals surface area contributed by atoms with Crippen molar-refractivity contribution in [1.82, 2.24) is 14.8 Å². The maximum Gasteiger partial charge on any atom is 0.142 e. The van der Waals surface area contributed by atoms with Gasteiger partial charge in [-0.15, -0.1) is 0 Å². The molecule has 0 saturated carbocycles. The molecule has 0 radical (unpaired) electrons. The van der Waals surface area contributed by atoms with Gasteiger partial charge < -0.3 is 19.5 Å². The van der Waals surface area contributed by atoms with Gasteiger partial charge in [0.2, 0.25) is 0 Å². The Morgan fingerprint density at radius 1 is 0.941 bits per heavy atom. The SMILES string of the molecule is COc1ccccc1N1CCN(CCCN2CCC(Cc3c[nH]c4ccc(F)cc34)CC2)CC1. The summed E-state index contributed by atoms with van der Waals surface area (Å²) < 4.78 is 19.2. The second-order valence-electron chi connectivity index (χ2n) is 9.85. The molecular formula is C28H37FN4O. The molecule has 2 aliphatic heterocycles. The Morgan fingerprint density at radius 3 is 2.44 bits per heavy atom. The smallest absolute Gasteiger partial charge is 0.142 e. The van der Waals surface area contributed by atoms with Crippen molar-refractivity contribution in [1.29, 1.82) is 0 Å². The zero-order valence-electron chi connectivity index (χ0n) is 20.3. The molecule has 1 aromatic heterocycles. The molecule has 0 bridgehead atoms. The van der Waals surface area contributed by atoms with E-state index in [1.54, 1.807) is 13.2 Å². The van der Waals surface area contributed by atoms with Gasteiger partial charge >= 0.3 is 0 Å². The summed E-state index contributed by atoms with van der Waals surface area (Å²) in [4.78, 5) is 11.0. The summed E-state index contributed by atoms with van der Waals surface area (Å²) in [5, 5.41) is 1.05. The van der Waals surface area contributed by atoms with E-state index in [-0.39, 0.29) is 5.82 Å². The summed E-state index contributed by atoms with van der Waals surface area (Å²) in [6.45, 7) is 9.09. The van der Waals surface area contributed by atoms with E-state index >= 15 is 0 Å². The molecule has 0 amide bonds. The van der Waals surface area contributed by atoms with Gasteiger partial charge in [0.1, 0.15) is 11.6 Å². The number of rotatable bonds is 8. The van der Waals surface area contributed by atoms with E-state index in [1.165, 1.54) is 62.8 Å². The summed E-state index contributed by atoms with van der Waals surface area (Å²) in [5.74, 6) is 1.52. The van der Waals surface area contributed by atoms with Crippen LogP contribution in [0.1, 0.15) is 24.8 Å². The molecule has 2 aliphatic rings. The Kier molecular flexibility index (Phi) is 7.36. The van der Waals surface area contributed by atoms with Crippen LogP contribution in [0.25, 0.3) is 10.9 Å². The number of halogens is 1. The van der Waals surface area contributed by atoms with Crippen LogP contribution in [0.4, 0.5) is 10.1 Å². The Bertz CT molecular complexity index is 1070. The summed E-state index contributed by atoms with van der Waals surface area (Å²) in [6.07, 6.45) is 6.83. The minimum atomic E-state index is -0.149. The number of hydrogen-bond acceptors (Lipinski definition) is 4. The first-order chi connectivity index (χ1) is 16.7. The fourth-order valence-corrected chi connectivity index (χ4v) is 5.67. The second kappa shape index (κ2) is 10.8. The molecule has 0 spiro atoms. The number of benzene rings is 2. The van der Waals surface area contributed by atoms with Gasteiger partial charge in [-0.25, -0.2) is 4.39 Å². The van der Waals surface area contributed by atoms with Crippen LogP contribution in [0.15, 0.2) is 48.7 Å². The zero-order valence-corrected chi connectivity index (χ0v) is 20.3. The van der Waals surface area contributed by atoms with E-state index in [2.05, 4.69) is 38.0 Å². The number of likely N-dealkylation sites (tertiary alicyclic amines) is 1. The highest BCUT2D eigenvalue weighted by molar-refractivity contribution is 5.83. The van der Waals surface area contributed by atoms with E-state index in [9.17, 15) is 4.39 Å². The first kappa shape index (κ1) is 23.2. The first-order valence-corrected chi connectivity index (χ1v) is 12.8. The summed E-state index contributed by atoms with van der Waals surface area (Å²) in [6, 6.07) is 13.4. The van der Waals surface area contributed by atoms with Gasteiger partial charge in [0.05, 0.1) is 12.8 Å². The van der Waals surface area contributed by atoms with E-state index in [0.717, 1.165) is 49.3 Å². The van der Waals surface area contributed by atoms with Crippen LogP contribution in [0.2, 0.25) is 0 Å². The molecule has 0 atom stereocenters. The lowest BCUT2D eigenvalue weighted by molar-refractivity contribution is 0.169. The lowest BCUT2D eigenvalue weighted by atomic mass is 9.90. The van der Waals surface area contributed by atoms with Crippen molar-refractivity contribution in [3.8, 4) is 5.75 Å². The molecule has 5 nitrogen and oxygen atoms in total. The van der Waals surface area contributed by atoms with Crippen molar-refractivity contribution in [2.24, 2.45) is 5.92 Å². The topological polar surface area (TPSA) is 34.7 Å². The molecule has 182 valence electrons. The van der Waals surface area contributed by atoms with Crippen LogP contribution in [0.3, 0.4) is 0 Å². The number of hydrogen-bond donors (Lipinski definition) is 1. The van der Waals surface area contributed by atoms with Crippen molar-refractivity contribution < 1.29 is 9.13 Å². The fourth-order valence-electron chi connectivity index (χ4n) is 5.67. The number of anilines is 1. The van der Waals surface area contributed by atoms with E-state index in [1.807, 2.05) is 18.2 Å². The Labute approximate surface area is 202 Å². The van der Waals surface area contributed by atoms with Gasteiger partial charge in [0.15, 0.2) is 0 Å². The third-order valence-corrected chi connectivity index (χ3v) is 7.69. The predicted molar refractivity (Wildman–Crippen MR) is 137 cm³/mol. The highest BCUT2D eigenvalue weighted by Crippen LogP contribution is 2.29. The normalized spacial score (nSPS) is 18.6. The van der Waals surface area contributed by atoms with Crippen LogP contribution < -0.4 is 9.64 Å². The van der Waals surface area contributed by atoms with Gasteiger partial charge in [0.25, 0.3) is 0 Å². The lowest BCUT2D eigenvalue weighted by Gasteiger charge is -2.37. The average Bonchev–Trinajstić information content (AvgIpc) is 3.27. The van der Waals surface area contributed by atoms with Crippen LogP contribution in [0.5, 0.6) is 5.75 Å². The van der Waals surface area contributed by atoms with Gasteiger partial charge in [0, 0.05) is 43.3 Å². The molecule has 2 aromatic carbocycles. The third-order valence-electron chi connectivity index (χ3n) is 7.69. The molecule has 34 heavy (non-hydrogen) atoms. The highest BCUT2D eigenvalue weighted by Gasteiger charge is 2.22. The Balaban J connectivity index is 1.01. The largest absolute Gasteiger partial charge is 0.495 e. The Morgan fingerprint density at radius 2 is 1.68 bits per heavy atom. The van der Waals surface area contributed by atoms with Gasteiger partial charge in [-0.3, -0.25) is 4.90 Å². The highest BCUT2D eigenvalue weighted by atomic mass is 19.1. The van der Waals surface area contributed by atoms with Gasteiger partial charge in [-0.05, 0) is 93.7 Å². The summed E-state index contributed by atoms with van der Waals surface area (Å²) >= 11 is 0. The molecule has 0 aliphatic carbocycles. The van der Waals surface area contributed by atoms with Crippen molar-refractivity contribution >= 4 is 16.6 Å². The van der Waals surface area contributed by atoms with Gasteiger partial charge in [-0.1, -0.05) is 12.1 Å². The quantitative estimate of drug-likeness (QED) is 0.520. The first-order valence-electron chi connectivity index (χ1n) is 12.8. The molecule has 2 fully saturated rings. The minimum absolute atomic E-state index is 0.149. The van der Waals surface area contributed by atoms with Crippen molar-refractivity contribution in [3.63, 3.8) is 0 Å². The predicted octanol–water partition coefficient (Wildman–Crippen LogP) is 4.78. The van der Waals surface area contributed by atoms with Crippen molar-refractivity contribution in [2.45, 2.75) is 25.7 Å². The van der Waals surface area contributed by atoms with Crippen molar-refractivity contribution in [3.05, 3.63) is 60.0 Å². The van der Waals surface area contributed by atoms with Gasteiger partial charge in [-0.2, -0.15) is 0 Å². The number of piperidine rings is 1. The number of nitrogens with one attached hydrogen (secondary N) is 1. The number of fused-ring (bicyclic) bond motifs is 1. The molecular weight excluding hydrogens is 427 g/mol. The van der Waals surface area contributed by atoms with E-state index in [0.29, 0.717) is 5.92 Å². The number of aromatic nitrogens is 1. The standard InChI is InChI=1S/C28H37FN4O/c1-34-28-6-3-2-5-27(28)33-17-15-32(16-18-33)12-4-11-31-13-9-22(10-14-31)19-23-21-30-26-8-7-24(29)20-25(23)26/h2-3,5-8,20-22,30H,4,9-19H2,1H3. The number of nitrogens with zero attached hydrogens (tertiary/aromatic N) is 3. The third kappa shape index (κ3) is 5.39. The monoisotopic (exact) mass is 464 g/mol. The zero-order chi connectivity index (χ0) is 23.3. The number of ether oxygens (including phenoxy) is 1. The number of aromatic amines is 1. The molecule has 6 heteroatoms. The Hall–Kier alpha value is -2.57. The number of H-pyrrole nitrogens is 1. The van der Waals surface area contributed by atoms with Crippen LogP contribution in [0, 0.1) is 11.7 Å². The molecule has 2 saturated heterocycles. The number of para-hydroxylation sites is 2. The van der Waals surface area contributed by atoms with Crippen molar-refractivity contribution in [2.75, 3.05) is 64.4 Å². The average molecular weight is 465 g/mol. The maximum atomic E-state index is 13.7. The number of methoxy groups -OCH3 is 1. The summed E-state index contributed by atoms with van der Waals surface area (Å²) in [5.41, 5.74) is 3.52. The molecule has 3 heterocycles. The van der Waals surface area contributed by atoms with Crippen LogP contribution in [-0.4, -0.2) is 74.3 Å². The molecule has 3 aromatic rings. The van der Waals surface area contributed by atoms with Crippen LogP contribution in [-0.2, 0) is 6.42 Å². The van der Waals surface area contributed by atoms with E-state index in [4.69, 9.17) is 4.74 Å². The summed E-state index contributed by atoms with van der Waals surface area (Å²) in [7, 11) is 1.75. The molecule has 1 N–H and O–H groups in total. The lowest BCUT2D eigenvalue weighted by Crippen LogP contribution is -2.47. The van der Waals surface area contributed by atoms with E-state index < -0.39 is 0 Å². The molecule has 5 rings (SSSR count). The second-order valence-corrected chi connectivity index (χ2v) is 9.85.